The number of carbonyl (C=O) groups is 4. The van der Waals surface area contributed by atoms with E-state index in [4.69, 9.17) is 4.74 Å². The lowest BCUT2D eigenvalue weighted by molar-refractivity contribution is -0.142. The van der Waals surface area contributed by atoms with Crippen molar-refractivity contribution in [1.82, 2.24) is 20.3 Å². The number of amides is 3. The summed E-state index contributed by atoms with van der Waals surface area (Å²) in [7, 11) is -4.15. The molecule has 0 fully saturated rings. The largest absolute Gasteiger partial charge is 0.464 e. The van der Waals surface area contributed by atoms with Crippen LogP contribution in [0.3, 0.4) is 0 Å². The fraction of sp³-hybridized carbons (Fsp3) is 0.375. The molecule has 0 radical (unpaired) electrons. The SMILES string of the molecule is CCCOC(=O)CNC(=O)c1ccc(C(=O)NS(=O)(=O)c2ccc(CCNC(=O)CCC)cc2)cn1. The molecule has 11 nitrogen and oxygen atoms in total. The summed E-state index contributed by atoms with van der Waals surface area (Å²) in [6.45, 7) is 4.12. The van der Waals surface area contributed by atoms with E-state index in [0.717, 1.165) is 18.2 Å². The predicted molar refractivity (Wildman–Crippen MR) is 131 cm³/mol. The minimum Gasteiger partial charge on any atom is -0.464 e. The zero-order chi connectivity index (χ0) is 26.6. The Labute approximate surface area is 210 Å². The smallest absolute Gasteiger partial charge is 0.325 e. The van der Waals surface area contributed by atoms with Gasteiger partial charge in [-0.3, -0.25) is 24.2 Å². The first-order valence-electron chi connectivity index (χ1n) is 11.5. The first-order chi connectivity index (χ1) is 17.2. The van der Waals surface area contributed by atoms with E-state index in [1.54, 1.807) is 12.1 Å². The van der Waals surface area contributed by atoms with Crippen molar-refractivity contribution in [3.05, 3.63) is 59.4 Å². The Balaban J connectivity index is 1.91. The summed E-state index contributed by atoms with van der Waals surface area (Å²) >= 11 is 0. The lowest BCUT2D eigenvalue weighted by atomic mass is 10.1. The fourth-order valence-electron chi connectivity index (χ4n) is 2.91. The van der Waals surface area contributed by atoms with Gasteiger partial charge >= 0.3 is 5.97 Å². The lowest BCUT2D eigenvalue weighted by Crippen LogP contribution is -2.32. The molecule has 3 N–H and O–H groups in total. The molecule has 0 saturated carbocycles. The molecule has 1 aromatic heterocycles. The molecular weight excluding hydrogens is 488 g/mol. The van der Waals surface area contributed by atoms with Crippen LogP contribution in [0.15, 0.2) is 47.5 Å². The Morgan fingerprint density at radius 3 is 2.25 bits per heavy atom. The Morgan fingerprint density at radius 2 is 1.64 bits per heavy atom. The van der Waals surface area contributed by atoms with Gasteiger partial charge in [0.25, 0.3) is 21.8 Å². The maximum atomic E-state index is 12.6. The average molecular weight is 519 g/mol. The summed E-state index contributed by atoms with van der Waals surface area (Å²) in [6.07, 6.45) is 3.47. The molecule has 2 aromatic rings. The molecule has 0 aliphatic heterocycles. The third-order valence-electron chi connectivity index (χ3n) is 4.79. The van der Waals surface area contributed by atoms with E-state index in [1.807, 2.05) is 18.6 Å². The Hall–Kier alpha value is -3.80. The number of pyridine rings is 1. The maximum Gasteiger partial charge on any atom is 0.325 e. The Morgan fingerprint density at radius 1 is 0.917 bits per heavy atom. The average Bonchev–Trinajstić information content (AvgIpc) is 2.86. The van der Waals surface area contributed by atoms with Crippen molar-refractivity contribution in [2.75, 3.05) is 19.7 Å². The lowest BCUT2D eigenvalue weighted by Gasteiger charge is -2.09. The number of aromatic nitrogens is 1. The molecule has 0 atom stereocenters. The minimum absolute atomic E-state index is 0.0327. The quantitative estimate of drug-likeness (QED) is 0.335. The maximum absolute atomic E-state index is 12.6. The number of rotatable bonds is 13. The summed E-state index contributed by atoms with van der Waals surface area (Å²) in [6, 6.07) is 8.45. The molecule has 0 unspecified atom stereocenters. The molecule has 2 rings (SSSR count). The third kappa shape index (κ3) is 9.10. The van der Waals surface area contributed by atoms with Crippen LogP contribution < -0.4 is 15.4 Å². The number of benzene rings is 1. The van der Waals surface area contributed by atoms with Gasteiger partial charge in [0.2, 0.25) is 5.91 Å². The number of carbonyl (C=O) groups excluding carboxylic acids is 4. The molecule has 0 spiro atoms. The van der Waals surface area contributed by atoms with Gasteiger partial charge < -0.3 is 15.4 Å². The first-order valence-corrected chi connectivity index (χ1v) is 13.0. The standard InChI is InChI=1S/C24H30N4O7S/c1-3-5-21(29)25-13-12-17-6-9-19(10-7-17)36(33,34)28-23(31)18-8-11-20(26-15-18)24(32)27-16-22(30)35-14-4-2/h6-11,15H,3-5,12-14,16H2,1-2H3,(H,25,29)(H,27,32)(H,28,31). The van der Waals surface area contributed by atoms with Crippen molar-refractivity contribution < 1.29 is 32.3 Å². The second-order valence-electron chi connectivity index (χ2n) is 7.76. The van der Waals surface area contributed by atoms with Crippen molar-refractivity contribution in [1.29, 1.82) is 0 Å². The molecule has 194 valence electrons. The van der Waals surface area contributed by atoms with Crippen LogP contribution in [0.1, 0.15) is 59.5 Å². The first kappa shape index (κ1) is 28.4. The summed E-state index contributed by atoms with van der Waals surface area (Å²) in [5, 5.41) is 5.14. The van der Waals surface area contributed by atoms with Crippen LogP contribution in [0.4, 0.5) is 0 Å². The zero-order valence-electron chi connectivity index (χ0n) is 20.2. The number of nitrogens with one attached hydrogen (secondary N) is 3. The van der Waals surface area contributed by atoms with Crippen LogP contribution in [0.25, 0.3) is 0 Å². The fourth-order valence-corrected chi connectivity index (χ4v) is 3.88. The molecule has 1 aromatic carbocycles. The van der Waals surface area contributed by atoms with Crippen molar-refractivity contribution in [2.24, 2.45) is 0 Å². The van der Waals surface area contributed by atoms with Gasteiger partial charge in [0, 0.05) is 19.2 Å². The van der Waals surface area contributed by atoms with Crippen LogP contribution in [0, 0.1) is 0 Å². The van der Waals surface area contributed by atoms with Crippen LogP contribution in [0.2, 0.25) is 0 Å². The second-order valence-corrected chi connectivity index (χ2v) is 9.45. The van der Waals surface area contributed by atoms with Gasteiger partial charge in [-0.25, -0.2) is 13.1 Å². The minimum atomic E-state index is -4.15. The van der Waals surface area contributed by atoms with Crippen molar-refractivity contribution in [3.63, 3.8) is 0 Å². The summed E-state index contributed by atoms with van der Waals surface area (Å²) in [4.78, 5) is 51.2. The highest BCUT2D eigenvalue weighted by Crippen LogP contribution is 2.12. The number of esters is 1. The molecular formula is C24H30N4O7S. The van der Waals surface area contributed by atoms with Crippen LogP contribution in [0.5, 0.6) is 0 Å². The molecule has 1 heterocycles. The van der Waals surface area contributed by atoms with Gasteiger partial charge in [-0.1, -0.05) is 26.0 Å². The van der Waals surface area contributed by atoms with E-state index < -0.39 is 27.8 Å². The molecule has 0 bridgehead atoms. The van der Waals surface area contributed by atoms with Crippen LogP contribution in [-0.4, -0.2) is 56.8 Å². The van der Waals surface area contributed by atoms with Crippen LogP contribution >= 0.6 is 0 Å². The van der Waals surface area contributed by atoms with Gasteiger partial charge in [0.05, 0.1) is 17.1 Å². The summed E-state index contributed by atoms with van der Waals surface area (Å²) in [5.41, 5.74) is 0.699. The van der Waals surface area contributed by atoms with Gasteiger partial charge in [0.15, 0.2) is 0 Å². The number of hydrogen-bond acceptors (Lipinski definition) is 8. The number of sulfonamides is 1. The van der Waals surface area contributed by atoms with E-state index >= 15 is 0 Å². The number of hydrogen-bond donors (Lipinski definition) is 3. The van der Waals surface area contributed by atoms with E-state index in [1.165, 1.54) is 24.3 Å². The molecule has 0 aliphatic carbocycles. The van der Waals surface area contributed by atoms with E-state index in [-0.39, 0.29) is 35.2 Å². The van der Waals surface area contributed by atoms with E-state index in [9.17, 15) is 27.6 Å². The molecule has 0 saturated heterocycles. The van der Waals surface area contributed by atoms with Crippen molar-refractivity contribution in [3.8, 4) is 0 Å². The van der Waals surface area contributed by atoms with Gasteiger partial charge in [-0.15, -0.1) is 0 Å². The van der Waals surface area contributed by atoms with Gasteiger partial charge in [-0.2, -0.15) is 0 Å². The summed E-state index contributed by atoms with van der Waals surface area (Å²) < 4.78 is 32.0. The second kappa shape index (κ2) is 13.9. The molecule has 3 amide bonds. The van der Waals surface area contributed by atoms with E-state index in [2.05, 4.69) is 15.6 Å². The van der Waals surface area contributed by atoms with Gasteiger partial charge in [0.1, 0.15) is 12.2 Å². The van der Waals surface area contributed by atoms with E-state index in [0.29, 0.717) is 25.8 Å². The van der Waals surface area contributed by atoms with Crippen LogP contribution in [-0.2, 0) is 30.8 Å². The number of nitrogens with zero attached hydrogens (tertiary/aromatic N) is 1. The third-order valence-corrected chi connectivity index (χ3v) is 6.14. The topological polar surface area (TPSA) is 161 Å². The van der Waals surface area contributed by atoms with Gasteiger partial charge in [-0.05, 0) is 49.1 Å². The van der Waals surface area contributed by atoms with Crippen molar-refractivity contribution in [2.45, 2.75) is 44.4 Å². The highest BCUT2D eigenvalue weighted by molar-refractivity contribution is 7.90. The van der Waals surface area contributed by atoms with Crippen molar-refractivity contribution >= 4 is 33.7 Å². The molecule has 36 heavy (non-hydrogen) atoms. The predicted octanol–water partition coefficient (Wildman–Crippen LogP) is 1.34. The summed E-state index contributed by atoms with van der Waals surface area (Å²) in [5.74, 6) is -2.18. The Bertz CT molecular complexity index is 1160. The zero-order valence-corrected chi connectivity index (χ0v) is 21.0. The normalized spacial score (nSPS) is 10.8. The highest BCUT2D eigenvalue weighted by Gasteiger charge is 2.19. The molecule has 0 aliphatic rings. The Kier molecular flexibility index (Phi) is 11.0. The highest BCUT2D eigenvalue weighted by atomic mass is 32.2. The number of ether oxygens (including phenoxy) is 1. The monoisotopic (exact) mass is 518 g/mol. The molecule has 12 heteroatoms.